The standard InChI is InChI=1S/C22H23ClN2O3S/c1-28-22(27)14-18(15-10-12-16(23)13-11-15)24-20(26)8-4-5-9-21-25-17-6-2-3-7-19(17)29-21/h2-3,6-7,10-13,18H,4-5,8-9,14H2,1H3,(H,24,26). The number of rotatable bonds is 9. The average molecular weight is 431 g/mol. The first-order valence-electron chi connectivity index (χ1n) is 9.51. The van der Waals surface area contributed by atoms with Gasteiger partial charge in [0, 0.05) is 11.4 Å². The van der Waals surface area contributed by atoms with Gasteiger partial charge in [-0.3, -0.25) is 9.59 Å². The third-order valence-corrected chi connectivity index (χ3v) is 5.94. The van der Waals surface area contributed by atoms with Crippen molar-refractivity contribution in [2.75, 3.05) is 7.11 Å². The molecular formula is C22H23ClN2O3S. The van der Waals surface area contributed by atoms with Crippen molar-refractivity contribution in [2.45, 2.75) is 38.1 Å². The van der Waals surface area contributed by atoms with Gasteiger partial charge in [0.25, 0.3) is 0 Å². The Morgan fingerprint density at radius 1 is 1.14 bits per heavy atom. The minimum absolute atomic E-state index is 0.0789. The number of amides is 1. The van der Waals surface area contributed by atoms with Crippen LogP contribution < -0.4 is 5.32 Å². The van der Waals surface area contributed by atoms with Crippen LogP contribution in [0.5, 0.6) is 0 Å². The maximum Gasteiger partial charge on any atom is 0.307 e. The number of aromatic nitrogens is 1. The van der Waals surface area contributed by atoms with Crippen LogP contribution in [0.1, 0.15) is 42.3 Å². The van der Waals surface area contributed by atoms with Gasteiger partial charge in [0.15, 0.2) is 0 Å². The first-order chi connectivity index (χ1) is 14.0. The molecule has 3 aromatic rings. The van der Waals surface area contributed by atoms with Gasteiger partial charge in [-0.2, -0.15) is 0 Å². The molecular weight excluding hydrogens is 408 g/mol. The first kappa shape index (κ1) is 21.3. The van der Waals surface area contributed by atoms with E-state index in [2.05, 4.69) is 16.4 Å². The number of hydrogen-bond acceptors (Lipinski definition) is 5. The molecule has 1 amide bonds. The maximum atomic E-state index is 12.4. The second-order valence-corrected chi connectivity index (χ2v) is 8.29. The average Bonchev–Trinajstić information content (AvgIpc) is 3.14. The van der Waals surface area contributed by atoms with Gasteiger partial charge < -0.3 is 10.1 Å². The predicted octanol–water partition coefficient (Wildman–Crippen LogP) is 5.08. The van der Waals surface area contributed by atoms with Gasteiger partial charge in [-0.15, -0.1) is 11.3 Å². The van der Waals surface area contributed by atoms with E-state index in [1.165, 1.54) is 11.8 Å². The van der Waals surface area contributed by atoms with Gasteiger partial charge in [-0.05, 0) is 49.1 Å². The molecule has 7 heteroatoms. The van der Waals surface area contributed by atoms with Crippen molar-refractivity contribution in [1.29, 1.82) is 0 Å². The van der Waals surface area contributed by atoms with Crippen LogP contribution in [0.3, 0.4) is 0 Å². The van der Waals surface area contributed by atoms with Crippen molar-refractivity contribution < 1.29 is 14.3 Å². The van der Waals surface area contributed by atoms with Crippen LogP contribution >= 0.6 is 22.9 Å². The van der Waals surface area contributed by atoms with E-state index in [1.807, 2.05) is 30.3 Å². The Bertz CT molecular complexity index is 939. The molecule has 1 atom stereocenters. The highest BCUT2D eigenvalue weighted by Gasteiger charge is 2.19. The van der Waals surface area contributed by atoms with E-state index in [-0.39, 0.29) is 18.3 Å². The summed E-state index contributed by atoms with van der Waals surface area (Å²) in [6, 6.07) is 14.8. The molecule has 1 unspecified atom stereocenters. The van der Waals surface area contributed by atoms with Crippen LogP contribution in [-0.2, 0) is 20.7 Å². The summed E-state index contributed by atoms with van der Waals surface area (Å²) in [4.78, 5) is 28.8. The largest absolute Gasteiger partial charge is 0.469 e. The number of para-hydroxylation sites is 1. The van der Waals surface area contributed by atoms with Crippen LogP contribution in [0, 0.1) is 0 Å². The second kappa shape index (κ2) is 10.4. The van der Waals surface area contributed by atoms with E-state index in [1.54, 1.807) is 23.5 Å². The van der Waals surface area contributed by atoms with E-state index >= 15 is 0 Å². The minimum atomic E-state index is -0.434. The van der Waals surface area contributed by atoms with Crippen molar-refractivity contribution in [1.82, 2.24) is 10.3 Å². The Labute approximate surface area is 179 Å². The lowest BCUT2D eigenvalue weighted by Gasteiger charge is -2.18. The lowest BCUT2D eigenvalue weighted by molar-refractivity contribution is -0.141. The minimum Gasteiger partial charge on any atom is -0.469 e. The van der Waals surface area contributed by atoms with Crippen LogP contribution in [-0.4, -0.2) is 24.0 Å². The van der Waals surface area contributed by atoms with E-state index in [9.17, 15) is 9.59 Å². The molecule has 29 heavy (non-hydrogen) atoms. The monoisotopic (exact) mass is 430 g/mol. The lowest BCUT2D eigenvalue weighted by atomic mass is 10.0. The molecule has 0 fully saturated rings. The zero-order valence-corrected chi connectivity index (χ0v) is 17.8. The van der Waals surface area contributed by atoms with Crippen molar-refractivity contribution in [3.05, 3.63) is 64.1 Å². The van der Waals surface area contributed by atoms with Crippen molar-refractivity contribution in [3.63, 3.8) is 0 Å². The number of hydrogen-bond donors (Lipinski definition) is 1. The number of fused-ring (bicyclic) bond motifs is 1. The van der Waals surface area contributed by atoms with Crippen molar-refractivity contribution in [3.8, 4) is 0 Å². The molecule has 1 N–H and O–H groups in total. The van der Waals surface area contributed by atoms with Crippen LogP contribution in [0.4, 0.5) is 0 Å². The quantitative estimate of drug-likeness (QED) is 0.379. The smallest absolute Gasteiger partial charge is 0.307 e. The molecule has 0 aliphatic heterocycles. The number of nitrogens with one attached hydrogen (secondary N) is 1. The van der Waals surface area contributed by atoms with Gasteiger partial charge in [-0.25, -0.2) is 4.98 Å². The zero-order valence-electron chi connectivity index (χ0n) is 16.2. The number of methoxy groups -OCH3 is 1. The molecule has 0 saturated heterocycles. The molecule has 1 aromatic heterocycles. The summed E-state index contributed by atoms with van der Waals surface area (Å²) in [6.07, 6.45) is 2.98. The summed E-state index contributed by atoms with van der Waals surface area (Å²) in [6.45, 7) is 0. The van der Waals surface area contributed by atoms with E-state index in [0.29, 0.717) is 11.4 Å². The second-order valence-electron chi connectivity index (χ2n) is 6.73. The Morgan fingerprint density at radius 3 is 2.62 bits per heavy atom. The Balaban J connectivity index is 1.49. The molecule has 0 spiro atoms. The molecule has 1 heterocycles. The normalized spacial score (nSPS) is 11.9. The lowest BCUT2D eigenvalue weighted by Crippen LogP contribution is -2.30. The Hall–Kier alpha value is -2.44. The van der Waals surface area contributed by atoms with Crippen LogP contribution in [0.15, 0.2) is 48.5 Å². The number of aryl methyl sites for hydroxylation is 1. The topological polar surface area (TPSA) is 68.3 Å². The van der Waals surface area contributed by atoms with Gasteiger partial charge in [0.2, 0.25) is 5.91 Å². The molecule has 0 radical (unpaired) electrons. The fourth-order valence-electron chi connectivity index (χ4n) is 3.05. The highest BCUT2D eigenvalue weighted by Crippen LogP contribution is 2.23. The van der Waals surface area contributed by atoms with E-state index < -0.39 is 6.04 Å². The summed E-state index contributed by atoms with van der Waals surface area (Å²) in [5.41, 5.74) is 1.85. The number of benzene rings is 2. The molecule has 5 nitrogen and oxygen atoms in total. The predicted molar refractivity (Wildman–Crippen MR) is 116 cm³/mol. The number of halogens is 1. The number of unbranched alkanes of at least 4 members (excludes halogenated alkanes) is 1. The maximum absolute atomic E-state index is 12.4. The number of esters is 1. The molecule has 0 aliphatic carbocycles. The summed E-state index contributed by atoms with van der Waals surface area (Å²) < 4.78 is 5.95. The fourth-order valence-corrected chi connectivity index (χ4v) is 4.19. The molecule has 152 valence electrons. The number of carbonyl (C=O) groups is 2. The zero-order chi connectivity index (χ0) is 20.6. The molecule has 0 aliphatic rings. The van der Waals surface area contributed by atoms with Gasteiger partial charge >= 0.3 is 5.97 Å². The summed E-state index contributed by atoms with van der Waals surface area (Å²) in [7, 11) is 1.34. The van der Waals surface area contributed by atoms with Gasteiger partial charge in [0.1, 0.15) is 0 Å². The summed E-state index contributed by atoms with van der Waals surface area (Å²) >= 11 is 7.63. The summed E-state index contributed by atoms with van der Waals surface area (Å²) in [5.74, 6) is -0.459. The Morgan fingerprint density at radius 2 is 1.90 bits per heavy atom. The van der Waals surface area contributed by atoms with Crippen molar-refractivity contribution >= 4 is 45.0 Å². The third kappa shape index (κ3) is 6.27. The SMILES string of the molecule is COC(=O)CC(NC(=O)CCCCc1nc2ccccc2s1)c1ccc(Cl)cc1. The van der Waals surface area contributed by atoms with Crippen LogP contribution in [0.25, 0.3) is 10.2 Å². The highest BCUT2D eigenvalue weighted by atomic mass is 35.5. The number of thiazole rings is 1. The number of carbonyl (C=O) groups excluding carboxylic acids is 2. The molecule has 0 saturated carbocycles. The van der Waals surface area contributed by atoms with E-state index in [4.69, 9.17) is 16.3 Å². The van der Waals surface area contributed by atoms with Crippen LogP contribution in [0.2, 0.25) is 5.02 Å². The van der Waals surface area contributed by atoms with Gasteiger partial charge in [0.05, 0.1) is 34.8 Å². The fraction of sp³-hybridized carbons (Fsp3) is 0.318. The van der Waals surface area contributed by atoms with Gasteiger partial charge in [-0.1, -0.05) is 35.9 Å². The molecule has 2 aromatic carbocycles. The third-order valence-electron chi connectivity index (χ3n) is 4.59. The Kier molecular flexibility index (Phi) is 7.61. The molecule has 3 rings (SSSR count). The number of ether oxygens (including phenoxy) is 1. The van der Waals surface area contributed by atoms with E-state index in [0.717, 1.165) is 35.4 Å². The van der Waals surface area contributed by atoms with Crippen molar-refractivity contribution in [2.24, 2.45) is 0 Å². The number of nitrogens with zero attached hydrogens (tertiary/aromatic N) is 1. The molecule has 0 bridgehead atoms. The highest BCUT2D eigenvalue weighted by molar-refractivity contribution is 7.18. The summed E-state index contributed by atoms with van der Waals surface area (Å²) in [5, 5.41) is 4.64. The first-order valence-corrected chi connectivity index (χ1v) is 10.7.